The number of hydrogen-bond donors (Lipinski definition) is 2. The highest BCUT2D eigenvalue weighted by molar-refractivity contribution is 6.42. The average molecular weight is 352 g/mol. The summed E-state index contributed by atoms with van der Waals surface area (Å²) in [6, 6.07) is 15.8. The van der Waals surface area contributed by atoms with Crippen molar-refractivity contribution in [1.29, 1.82) is 0 Å². The maximum atomic E-state index is 11.8. The SMILES string of the molecule is O=C(NC(=O)C(=O)Cc1ccccc1)NC(=O)C(=O)Cc1ccccc1. The van der Waals surface area contributed by atoms with Gasteiger partial charge in [-0.1, -0.05) is 60.7 Å². The van der Waals surface area contributed by atoms with Crippen LogP contribution < -0.4 is 10.6 Å². The first kappa shape index (κ1) is 18.7. The number of urea groups is 1. The molecule has 26 heavy (non-hydrogen) atoms. The van der Waals surface area contributed by atoms with E-state index in [2.05, 4.69) is 0 Å². The number of benzene rings is 2. The van der Waals surface area contributed by atoms with Gasteiger partial charge < -0.3 is 0 Å². The van der Waals surface area contributed by atoms with Crippen molar-refractivity contribution in [3.8, 4) is 0 Å². The molecule has 0 saturated carbocycles. The smallest absolute Gasteiger partial charge is 0.288 e. The predicted octanol–water partition coefficient (Wildman–Crippen LogP) is 0.962. The van der Waals surface area contributed by atoms with Crippen LogP contribution in [0.3, 0.4) is 0 Å². The van der Waals surface area contributed by atoms with Gasteiger partial charge in [-0.25, -0.2) is 4.79 Å². The van der Waals surface area contributed by atoms with Crippen molar-refractivity contribution in [2.75, 3.05) is 0 Å². The van der Waals surface area contributed by atoms with Gasteiger partial charge in [0.1, 0.15) is 0 Å². The molecule has 0 aromatic heterocycles. The Bertz CT molecular complexity index is 762. The number of rotatable bonds is 6. The largest absolute Gasteiger partial charge is 0.328 e. The molecule has 2 rings (SSSR count). The molecular weight excluding hydrogens is 336 g/mol. The Morgan fingerprint density at radius 3 is 1.27 bits per heavy atom. The van der Waals surface area contributed by atoms with Gasteiger partial charge in [-0.2, -0.15) is 0 Å². The normalized spacial score (nSPS) is 9.85. The lowest BCUT2D eigenvalue weighted by Crippen LogP contribution is -2.47. The molecule has 2 aromatic rings. The lowest BCUT2D eigenvalue weighted by Gasteiger charge is -2.05. The van der Waals surface area contributed by atoms with Crippen LogP contribution in [0.4, 0.5) is 4.79 Å². The van der Waals surface area contributed by atoms with Crippen LogP contribution in [-0.2, 0) is 32.0 Å². The summed E-state index contributed by atoms with van der Waals surface area (Å²) in [5.74, 6) is -3.99. The van der Waals surface area contributed by atoms with Crippen LogP contribution in [0.5, 0.6) is 0 Å². The molecule has 0 atom stereocenters. The highest BCUT2D eigenvalue weighted by atomic mass is 16.2. The van der Waals surface area contributed by atoms with Gasteiger partial charge in [0, 0.05) is 12.8 Å². The maximum Gasteiger partial charge on any atom is 0.328 e. The van der Waals surface area contributed by atoms with E-state index in [1.165, 1.54) is 0 Å². The summed E-state index contributed by atoms with van der Waals surface area (Å²) in [5, 5.41) is 3.48. The standard InChI is InChI=1S/C19H16N2O5/c22-15(11-13-7-3-1-4-8-13)17(24)20-19(26)21-18(25)16(23)12-14-9-5-2-6-10-14/h1-10H,11-12H2,(H2,20,21,24,25,26). The number of carbonyl (C=O) groups is 5. The summed E-state index contributed by atoms with van der Waals surface area (Å²) >= 11 is 0. The van der Waals surface area contributed by atoms with Crippen molar-refractivity contribution < 1.29 is 24.0 Å². The summed E-state index contributed by atoms with van der Waals surface area (Å²) < 4.78 is 0. The molecule has 0 unspecified atom stereocenters. The first-order valence-electron chi connectivity index (χ1n) is 7.76. The van der Waals surface area contributed by atoms with Crippen LogP contribution in [0.15, 0.2) is 60.7 Å². The molecule has 0 spiro atoms. The van der Waals surface area contributed by atoms with Gasteiger partial charge in [-0.3, -0.25) is 29.8 Å². The van der Waals surface area contributed by atoms with E-state index in [-0.39, 0.29) is 12.8 Å². The highest BCUT2D eigenvalue weighted by Crippen LogP contribution is 2.01. The van der Waals surface area contributed by atoms with Crippen LogP contribution >= 0.6 is 0 Å². The zero-order chi connectivity index (χ0) is 18.9. The number of imide groups is 2. The summed E-state index contributed by atoms with van der Waals surface area (Å²) in [6.45, 7) is 0. The lowest BCUT2D eigenvalue weighted by molar-refractivity contribution is -0.137. The van der Waals surface area contributed by atoms with E-state index in [4.69, 9.17) is 0 Å². The van der Waals surface area contributed by atoms with Crippen molar-refractivity contribution in [3.63, 3.8) is 0 Å². The molecule has 0 bridgehead atoms. The Labute approximate surface area is 149 Å². The lowest BCUT2D eigenvalue weighted by atomic mass is 10.1. The average Bonchev–Trinajstić information content (AvgIpc) is 2.63. The molecule has 132 valence electrons. The van der Waals surface area contributed by atoms with E-state index in [0.717, 1.165) is 0 Å². The second-order valence-corrected chi connectivity index (χ2v) is 5.41. The molecular formula is C19H16N2O5. The Balaban J connectivity index is 1.81. The number of nitrogens with one attached hydrogen (secondary N) is 2. The van der Waals surface area contributed by atoms with Crippen molar-refractivity contribution in [2.24, 2.45) is 0 Å². The summed E-state index contributed by atoms with van der Waals surface area (Å²) in [7, 11) is 0. The molecule has 0 aliphatic carbocycles. The van der Waals surface area contributed by atoms with Crippen molar-refractivity contribution in [2.45, 2.75) is 12.8 Å². The molecule has 4 amide bonds. The molecule has 0 aliphatic heterocycles. The second kappa shape index (κ2) is 9.03. The van der Waals surface area contributed by atoms with Crippen molar-refractivity contribution in [3.05, 3.63) is 71.8 Å². The molecule has 2 N–H and O–H groups in total. The second-order valence-electron chi connectivity index (χ2n) is 5.41. The monoisotopic (exact) mass is 352 g/mol. The molecule has 0 saturated heterocycles. The van der Waals surface area contributed by atoms with Gasteiger partial charge >= 0.3 is 6.03 Å². The van der Waals surface area contributed by atoms with Crippen LogP contribution in [0.1, 0.15) is 11.1 Å². The topological polar surface area (TPSA) is 109 Å². The molecule has 7 nitrogen and oxygen atoms in total. The molecule has 0 radical (unpaired) electrons. The zero-order valence-electron chi connectivity index (χ0n) is 13.7. The number of Topliss-reactive ketones (excluding diaryl/α,β-unsaturated/α-hetero) is 2. The van der Waals surface area contributed by atoms with E-state index in [1.807, 2.05) is 0 Å². The number of ketones is 2. The van der Waals surface area contributed by atoms with Crippen LogP contribution in [-0.4, -0.2) is 29.4 Å². The Morgan fingerprint density at radius 2 is 0.923 bits per heavy atom. The minimum atomic E-state index is -1.22. The van der Waals surface area contributed by atoms with Crippen LogP contribution in [0, 0.1) is 0 Å². The Morgan fingerprint density at radius 1 is 0.577 bits per heavy atom. The third-order valence-electron chi connectivity index (χ3n) is 3.38. The van der Waals surface area contributed by atoms with Gasteiger partial charge in [-0.05, 0) is 11.1 Å². The van der Waals surface area contributed by atoms with E-state index in [9.17, 15) is 24.0 Å². The fourth-order valence-corrected chi connectivity index (χ4v) is 2.10. The van der Waals surface area contributed by atoms with E-state index in [1.54, 1.807) is 71.3 Å². The van der Waals surface area contributed by atoms with Gasteiger partial charge in [0.25, 0.3) is 11.8 Å². The minimum Gasteiger partial charge on any atom is -0.288 e. The zero-order valence-corrected chi connectivity index (χ0v) is 13.7. The van der Waals surface area contributed by atoms with E-state index < -0.39 is 29.4 Å². The highest BCUT2D eigenvalue weighted by Gasteiger charge is 2.21. The number of hydrogen-bond acceptors (Lipinski definition) is 5. The number of amides is 4. The molecule has 0 heterocycles. The quantitative estimate of drug-likeness (QED) is 0.753. The fraction of sp³-hybridized carbons (Fsp3) is 0.105. The van der Waals surface area contributed by atoms with Gasteiger partial charge in [-0.15, -0.1) is 0 Å². The Hall–Kier alpha value is -3.61. The third kappa shape index (κ3) is 5.79. The summed E-state index contributed by atoms with van der Waals surface area (Å²) in [5.41, 5.74) is 1.23. The molecule has 7 heteroatoms. The number of carbonyl (C=O) groups excluding carboxylic acids is 5. The van der Waals surface area contributed by atoms with Crippen molar-refractivity contribution in [1.82, 2.24) is 10.6 Å². The maximum absolute atomic E-state index is 11.8. The first-order valence-corrected chi connectivity index (χ1v) is 7.76. The van der Waals surface area contributed by atoms with Gasteiger partial charge in [0.15, 0.2) is 0 Å². The van der Waals surface area contributed by atoms with E-state index >= 15 is 0 Å². The summed E-state index contributed by atoms with van der Waals surface area (Å²) in [4.78, 5) is 58.5. The first-order chi connectivity index (χ1) is 12.5. The van der Waals surface area contributed by atoms with E-state index in [0.29, 0.717) is 11.1 Å². The molecule has 2 aromatic carbocycles. The van der Waals surface area contributed by atoms with Gasteiger partial charge in [0.05, 0.1) is 0 Å². The van der Waals surface area contributed by atoms with Crippen molar-refractivity contribution >= 4 is 29.4 Å². The molecule has 0 aliphatic rings. The molecule has 0 fully saturated rings. The third-order valence-corrected chi connectivity index (χ3v) is 3.38. The van der Waals surface area contributed by atoms with Crippen LogP contribution in [0.25, 0.3) is 0 Å². The fourth-order valence-electron chi connectivity index (χ4n) is 2.10. The minimum absolute atomic E-state index is 0.180. The van der Waals surface area contributed by atoms with Crippen LogP contribution in [0.2, 0.25) is 0 Å². The predicted molar refractivity (Wildman–Crippen MR) is 92.0 cm³/mol. The Kier molecular flexibility index (Phi) is 6.50. The summed E-state index contributed by atoms with van der Waals surface area (Å²) in [6.07, 6.45) is -0.359. The van der Waals surface area contributed by atoms with Gasteiger partial charge in [0.2, 0.25) is 11.6 Å².